The largest absolute Gasteiger partial charge is 0.350 e. The molecule has 29 heavy (non-hydrogen) atoms. The Hall–Kier alpha value is -2.94. The minimum absolute atomic E-state index is 0.0608. The Morgan fingerprint density at radius 3 is 2.55 bits per heavy atom. The number of nitro benzene ring substituents is 1. The van der Waals surface area contributed by atoms with E-state index in [1.165, 1.54) is 23.1 Å². The van der Waals surface area contributed by atoms with Crippen molar-refractivity contribution in [2.75, 3.05) is 23.4 Å². The summed E-state index contributed by atoms with van der Waals surface area (Å²) in [5, 5.41) is 14.6. The fraction of sp³-hybridized carbons (Fsp3) is 0.350. The zero-order valence-electron chi connectivity index (χ0n) is 16.1. The summed E-state index contributed by atoms with van der Waals surface area (Å²) < 4.78 is 23.7. The normalized spacial score (nSPS) is 17.6. The maximum absolute atomic E-state index is 13.1. The molecule has 8 nitrogen and oxygen atoms in total. The van der Waals surface area contributed by atoms with Crippen molar-refractivity contribution in [3.63, 3.8) is 0 Å². The lowest BCUT2D eigenvalue weighted by Gasteiger charge is -2.28. The van der Waals surface area contributed by atoms with Crippen LogP contribution in [0.25, 0.3) is 0 Å². The topological polar surface area (TPSA) is 110 Å². The van der Waals surface area contributed by atoms with Gasteiger partial charge in [-0.2, -0.15) is 0 Å². The summed E-state index contributed by atoms with van der Waals surface area (Å²) in [7, 11) is -3.15. The van der Waals surface area contributed by atoms with Crippen molar-refractivity contribution in [3.05, 3.63) is 64.2 Å². The van der Waals surface area contributed by atoms with Gasteiger partial charge in [-0.1, -0.05) is 25.1 Å². The number of nitro groups is 1. The van der Waals surface area contributed by atoms with Crippen LogP contribution in [-0.2, 0) is 9.84 Å². The van der Waals surface area contributed by atoms with E-state index in [0.29, 0.717) is 25.1 Å². The molecule has 0 saturated carbocycles. The van der Waals surface area contributed by atoms with Crippen molar-refractivity contribution in [2.24, 2.45) is 0 Å². The number of benzene rings is 2. The van der Waals surface area contributed by atoms with E-state index < -0.39 is 20.8 Å². The molecule has 1 saturated heterocycles. The Bertz CT molecular complexity index is 1010. The number of rotatable bonds is 7. The van der Waals surface area contributed by atoms with Crippen LogP contribution in [0.15, 0.2) is 48.5 Å². The molecule has 0 aliphatic carbocycles. The van der Waals surface area contributed by atoms with Gasteiger partial charge in [0, 0.05) is 29.9 Å². The molecule has 9 heteroatoms. The molecule has 2 aromatic carbocycles. The van der Waals surface area contributed by atoms with Crippen molar-refractivity contribution >= 4 is 32.8 Å². The standard InChI is InChI=1S/C20H23N3O5S/c1-2-11-22(17-10-12-29(27,28)14-17)20(24)15-8-9-18(19(13-15)23(25)26)21-16-6-4-3-5-7-16/h3-9,13,17,21H,2,10-12,14H2,1H3. The third kappa shape index (κ3) is 4.92. The molecule has 1 aliphatic heterocycles. The predicted octanol–water partition coefficient (Wildman–Crippen LogP) is 3.38. The number of carbonyl (C=O) groups is 1. The fourth-order valence-corrected chi connectivity index (χ4v) is 5.21. The Labute approximate surface area is 169 Å². The molecule has 2 aromatic rings. The number of hydrogen-bond acceptors (Lipinski definition) is 6. The minimum atomic E-state index is -3.15. The summed E-state index contributed by atoms with van der Waals surface area (Å²) in [6, 6.07) is 12.9. The second-order valence-corrected chi connectivity index (χ2v) is 9.26. The second-order valence-electron chi connectivity index (χ2n) is 7.04. The summed E-state index contributed by atoms with van der Waals surface area (Å²) in [4.78, 5) is 25.7. The van der Waals surface area contributed by atoms with Crippen LogP contribution in [0.3, 0.4) is 0 Å². The van der Waals surface area contributed by atoms with Crippen LogP contribution in [0, 0.1) is 10.1 Å². The molecule has 1 heterocycles. The summed E-state index contributed by atoms with van der Waals surface area (Å²) in [5.41, 5.74) is 0.935. The zero-order chi connectivity index (χ0) is 21.0. The van der Waals surface area contributed by atoms with Crippen molar-refractivity contribution in [2.45, 2.75) is 25.8 Å². The van der Waals surface area contributed by atoms with Gasteiger partial charge in [-0.25, -0.2) is 8.42 Å². The van der Waals surface area contributed by atoms with Gasteiger partial charge in [0.25, 0.3) is 11.6 Å². The molecule has 0 bridgehead atoms. The smallest absolute Gasteiger partial charge is 0.293 e. The number of hydrogen-bond donors (Lipinski definition) is 1. The molecule has 1 atom stereocenters. The molecule has 0 spiro atoms. The highest BCUT2D eigenvalue weighted by Gasteiger charge is 2.35. The van der Waals surface area contributed by atoms with Crippen LogP contribution in [-0.4, -0.2) is 48.2 Å². The van der Waals surface area contributed by atoms with E-state index in [2.05, 4.69) is 5.32 Å². The highest BCUT2D eigenvalue weighted by atomic mass is 32.2. The number of sulfone groups is 1. The number of amides is 1. The molecular weight excluding hydrogens is 394 g/mol. The molecule has 1 unspecified atom stereocenters. The monoisotopic (exact) mass is 417 g/mol. The van der Waals surface area contributed by atoms with E-state index >= 15 is 0 Å². The highest BCUT2D eigenvalue weighted by Crippen LogP contribution is 2.30. The zero-order valence-corrected chi connectivity index (χ0v) is 16.9. The molecular formula is C20H23N3O5S. The van der Waals surface area contributed by atoms with E-state index in [0.717, 1.165) is 0 Å². The van der Waals surface area contributed by atoms with Gasteiger partial charge in [-0.05, 0) is 37.1 Å². The average molecular weight is 417 g/mol. The molecule has 3 rings (SSSR count). The lowest BCUT2D eigenvalue weighted by molar-refractivity contribution is -0.383. The Morgan fingerprint density at radius 1 is 1.24 bits per heavy atom. The van der Waals surface area contributed by atoms with Crippen molar-refractivity contribution in [1.82, 2.24) is 4.90 Å². The van der Waals surface area contributed by atoms with Crippen LogP contribution in [0.1, 0.15) is 30.1 Å². The van der Waals surface area contributed by atoms with Crippen molar-refractivity contribution in [1.29, 1.82) is 0 Å². The second kappa shape index (κ2) is 8.60. The fourth-order valence-electron chi connectivity index (χ4n) is 3.48. The summed E-state index contributed by atoms with van der Waals surface area (Å²) >= 11 is 0. The number of para-hydroxylation sites is 1. The lowest BCUT2D eigenvalue weighted by Crippen LogP contribution is -2.41. The van der Waals surface area contributed by atoms with Gasteiger partial charge < -0.3 is 10.2 Å². The molecule has 1 N–H and O–H groups in total. The summed E-state index contributed by atoms with van der Waals surface area (Å²) in [6.07, 6.45) is 1.06. The van der Waals surface area contributed by atoms with Crippen molar-refractivity contribution in [3.8, 4) is 0 Å². The van der Waals surface area contributed by atoms with Crippen LogP contribution in [0.5, 0.6) is 0 Å². The number of carbonyl (C=O) groups excluding carboxylic acids is 1. The van der Waals surface area contributed by atoms with Gasteiger partial charge in [0.1, 0.15) is 5.69 Å². The number of anilines is 2. The lowest BCUT2D eigenvalue weighted by atomic mass is 10.1. The Kier molecular flexibility index (Phi) is 6.17. The molecule has 154 valence electrons. The van der Waals surface area contributed by atoms with E-state index in [1.54, 1.807) is 12.1 Å². The number of nitrogens with one attached hydrogen (secondary N) is 1. The molecule has 1 aliphatic rings. The van der Waals surface area contributed by atoms with Crippen molar-refractivity contribution < 1.29 is 18.1 Å². The summed E-state index contributed by atoms with van der Waals surface area (Å²) in [6.45, 7) is 2.30. The van der Waals surface area contributed by atoms with Gasteiger partial charge in [-0.3, -0.25) is 14.9 Å². The quantitative estimate of drug-likeness (QED) is 0.546. The summed E-state index contributed by atoms with van der Waals surface area (Å²) in [5.74, 6) is -0.386. The first-order valence-corrected chi connectivity index (χ1v) is 11.2. The van der Waals surface area contributed by atoms with Gasteiger partial charge in [0.05, 0.1) is 16.4 Å². The Morgan fingerprint density at radius 2 is 1.97 bits per heavy atom. The highest BCUT2D eigenvalue weighted by molar-refractivity contribution is 7.91. The van der Waals surface area contributed by atoms with Gasteiger partial charge in [0.15, 0.2) is 9.84 Å². The van der Waals surface area contributed by atoms with Gasteiger partial charge in [0.2, 0.25) is 0 Å². The van der Waals surface area contributed by atoms with E-state index in [4.69, 9.17) is 0 Å². The van der Waals surface area contributed by atoms with E-state index in [-0.39, 0.29) is 34.4 Å². The van der Waals surface area contributed by atoms with E-state index in [9.17, 15) is 23.3 Å². The maximum Gasteiger partial charge on any atom is 0.293 e. The first-order valence-electron chi connectivity index (χ1n) is 9.42. The van der Waals surface area contributed by atoms with Crippen LogP contribution in [0.2, 0.25) is 0 Å². The first-order chi connectivity index (χ1) is 13.8. The average Bonchev–Trinajstić information content (AvgIpc) is 3.06. The number of nitrogens with zero attached hydrogens (tertiary/aromatic N) is 2. The van der Waals surface area contributed by atoms with Gasteiger partial charge in [-0.15, -0.1) is 0 Å². The predicted molar refractivity (Wildman–Crippen MR) is 111 cm³/mol. The van der Waals surface area contributed by atoms with Crippen LogP contribution in [0.4, 0.5) is 17.1 Å². The third-order valence-corrected chi connectivity index (χ3v) is 6.62. The van der Waals surface area contributed by atoms with Crippen LogP contribution >= 0.6 is 0 Å². The SMILES string of the molecule is CCCN(C(=O)c1ccc(Nc2ccccc2)c([N+](=O)[O-])c1)C1CCS(=O)(=O)C1. The maximum atomic E-state index is 13.1. The first kappa shape index (κ1) is 20.8. The van der Waals surface area contributed by atoms with Gasteiger partial charge >= 0.3 is 0 Å². The third-order valence-electron chi connectivity index (χ3n) is 4.87. The molecule has 0 radical (unpaired) electrons. The van der Waals surface area contributed by atoms with Crippen LogP contribution < -0.4 is 5.32 Å². The van der Waals surface area contributed by atoms with E-state index in [1.807, 2.05) is 25.1 Å². The molecule has 1 fully saturated rings. The minimum Gasteiger partial charge on any atom is -0.350 e. The molecule has 1 amide bonds. The molecule has 0 aromatic heterocycles. The Balaban J connectivity index is 1.89.